The maximum absolute atomic E-state index is 12.8. The molecule has 0 spiro atoms. The van der Waals surface area contributed by atoms with Crippen molar-refractivity contribution in [2.45, 2.75) is 37.0 Å². The highest BCUT2D eigenvalue weighted by Crippen LogP contribution is 2.33. The minimum atomic E-state index is -0.990. The summed E-state index contributed by atoms with van der Waals surface area (Å²) in [5.74, 6) is 1.10. The topological polar surface area (TPSA) is 43.1 Å². The van der Waals surface area contributed by atoms with Gasteiger partial charge in [-0.1, -0.05) is 30.3 Å². The van der Waals surface area contributed by atoms with E-state index in [0.717, 1.165) is 23.3 Å². The maximum Gasteiger partial charge on any atom is 0.0539 e. The first-order valence-corrected chi connectivity index (χ1v) is 8.79. The number of aryl methyl sites for hydroxylation is 2. The van der Waals surface area contributed by atoms with Gasteiger partial charge < -0.3 is 5.73 Å². The van der Waals surface area contributed by atoms with Gasteiger partial charge in [0.05, 0.1) is 10.8 Å². The Morgan fingerprint density at radius 2 is 2.05 bits per heavy atom. The van der Waals surface area contributed by atoms with Gasteiger partial charge in [0.25, 0.3) is 0 Å². The SMILES string of the molecule is Cc1ccc(N)cc1S(=O)CC1CCCc2ccccc21. The molecule has 3 rings (SSSR count). The van der Waals surface area contributed by atoms with E-state index in [-0.39, 0.29) is 0 Å². The molecule has 110 valence electrons. The van der Waals surface area contributed by atoms with Crippen molar-refractivity contribution in [2.24, 2.45) is 0 Å². The standard InChI is InChI=1S/C18H21NOS/c1-13-9-10-16(19)11-18(13)21(20)12-15-7-4-6-14-5-2-3-8-17(14)15/h2-3,5,8-11,15H,4,6-7,12,19H2,1H3. The summed E-state index contributed by atoms with van der Waals surface area (Å²) in [6.07, 6.45) is 3.47. The molecule has 2 nitrogen and oxygen atoms in total. The summed E-state index contributed by atoms with van der Waals surface area (Å²) in [7, 11) is -0.990. The Morgan fingerprint density at radius 3 is 2.90 bits per heavy atom. The summed E-state index contributed by atoms with van der Waals surface area (Å²) in [5, 5.41) is 0. The van der Waals surface area contributed by atoms with Crippen molar-refractivity contribution in [1.29, 1.82) is 0 Å². The Hall–Kier alpha value is -1.61. The lowest BCUT2D eigenvalue weighted by Crippen LogP contribution is -2.16. The summed E-state index contributed by atoms with van der Waals surface area (Å²) in [4.78, 5) is 0.887. The number of hydrogen-bond donors (Lipinski definition) is 1. The molecular formula is C18H21NOS. The number of nitrogen functional groups attached to an aromatic ring is 1. The first-order chi connectivity index (χ1) is 10.1. The number of fused-ring (bicyclic) bond motifs is 1. The van der Waals surface area contributed by atoms with E-state index in [2.05, 4.69) is 24.3 Å². The minimum Gasteiger partial charge on any atom is -0.399 e. The Kier molecular flexibility index (Phi) is 4.11. The molecule has 2 N–H and O–H groups in total. The molecular weight excluding hydrogens is 278 g/mol. The maximum atomic E-state index is 12.8. The highest BCUT2D eigenvalue weighted by atomic mass is 32.2. The highest BCUT2D eigenvalue weighted by Gasteiger charge is 2.22. The zero-order valence-corrected chi connectivity index (χ0v) is 13.2. The van der Waals surface area contributed by atoms with Crippen molar-refractivity contribution in [2.75, 3.05) is 11.5 Å². The molecule has 2 aromatic carbocycles. The first kappa shape index (κ1) is 14.3. The zero-order chi connectivity index (χ0) is 14.8. The van der Waals surface area contributed by atoms with Gasteiger partial charge in [-0.05, 0) is 60.9 Å². The quantitative estimate of drug-likeness (QED) is 0.876. The molecule has 0 bridgehead atoms. The summed E-state index contributed by atoms with van der Waals surface area (Å²) >= 11 is 0. The lowest BCUT2D eigenvalue weighted by Gasteiger charge is -2.25. The molecule has 2 aromatic rings. The number of benzene rings is 2. The number of nitrogens with two attached hydrogens (primary N) is 1. The van der Waals surface area contributed by atoms with E-state index >= 15 is 0 Å². The van der Waals surface area contributed by atoms with E-state index in [1.807, 2.05) is 25.1 Å². The van der Waals surface area contributed by atoms with Crippen LogP contribution in [-0.4, -0.2) is 9.96 Å². The van der Waals surface area contributed by atoms with E-state index < -0.39 is 10.8 Å². The van der Waals surface area contributed by atoms with Crippen molar-refractivity contribution >= 4 is 16.5 Å². The van der Waals surface area contributed by atoms with Gasteiger partial charge in [0.2, 0.25) is 0 Å². The fourth-order valence-electron chi connectivity index (χ4n) is 3.16. The molecule has 1 aliphatic rings. The molecule has 21 heavy (non-hydrogen) atoms. The Bertz CT molecular complexity index is 681. The molecule has 0 saturated heterocycles. The first-order valence-electron chi connectivity index (χ1n) is 7.47. The lowest BCUT2D eigenvalue weighted by molar-refractivity contribution is 0.588. The third kappa shape index (κ3) is 3.03. The van der Waals surface area contributed by atoms with Gasteiger partial charge in [-0.15, -0.1) is 0 Å². The molecule has 1 aliphatic carbocycles. The van der Waals surface area contributed by atoms with Crippen molar-refractivity contribution in [3.63, 3.8) is 0 Å². The molecule has 0 aromatic heterocycles. The summed E-state index contributed by atoms with van der Waals surface area (Å²) in [5.41, 5.74) is 10.4. The van der Waals surface area contributed by atoms with Gasteiger partial charge in [0.15, 0.2) is 0 Å². The fourth-order valence-corrected chi connectivity index (χ4v) is 4.75. The molecule has 2 atom stereocenters. The second-order valence-electron chi connectivity index (χ2n) is 5.83. The largest absolute Gasteiger partial charge is 0.399 e. The van der Waals surface area contributed by atoms with Gasteiger partial charge in [-0.2, -0.15) is 0 Å². The van der Waals surface area contributed by atoms with E-state index in [1.165, 1.54) is 17.5 Å². The van der Waals surface area contributed by atoms with Crippen LogP contribution < -0.4 is 5.73 Å². The van der Waals surface area contributed by atoms with Crippen molar-refractivity contribution < 1.29 is 4.21 Å². The Labute approximate surface area is 128 Å². The highest BCUT2D eigenvalue weighted by molar-refractivity contribution is 7.85. The van der Waals surface area contributed by atoms with Crippen LogP contribution in [0.5, 0.6) is 0 Å². The van der Waals surface area contributed by atoms with E-state index in [0.29, 0.717) is 17.4 Å². The lowest BCUT2D eigenvalue weighted by atomic mass is 9.84. The van der Waals surface area contributed by atoms with Crippen molar-refractivity contribution in [3.05, 3.63) is 59.2 Å². The molecule has 0 radical (unpaired) electrons. The van der Waals surface area contributed by atoms with Crippen LogP contribution in [0.25, 0.3) is 0 Å². The minimum absolute atomic E-state index is 0.400. The van der Waals surface area contributed by atoms with Crippen LogP contribution in [0.3, 0.4) is 0 Å². The van der Waals surface area contributed by atoms with Crippen LogP contribution in [-0.2, 0) is 17.2 Å². The molecule has 0 fully saturated rings. The molecule has 0 saturated carbocycles. The number of anilines is 1. The van der Waals surface area contributed by atoms with Crippen molar-refractivity contribution in [1.82, 2.24) is 0 Å². The van der Waals surface area contributed by atoms with Crippen molar-refractivity contribution in [3.8, 4) is 0 Å². The average molecular weight is 299 g/mol. The normalized spacial score (nSPS) is 19.0. The van der Waals surface area contributed by atoms with Gasteiger partial charge in [0, 0.05) is 16.3 Å². The Morgan fingerprint density at radius 1 is 1.24 bits per heavy atom. The predicted octanol–water partition coefficient (Wildman–Crippen LogP) is 3.80. The zero-order valence-electron chi connectivity index (χ0n) is 12.3. The van der Waals surface area contributed by atoms with Gasteiger partial charge >= 0.3 is 0 Å². The summed E-state index contributed by atoms with van der Waals surface area (Å²) in [6.45, 7) is 2.00. The van der Waals surface area contributed by atoms with Crippen LogP contribution in [0.4, 0.5) is 5.69 Å². The van der Waals surface area contributed by atoms with Gasteiger partial charge in [0.1, 0.15) is 0 Å². The van der Waals surface area contributed by atoms with Crippen LogP contribution in [0, 0.1) is 6.92 Å². The van der Waals surface area contributed by atoms with Crippen LogP contribution in [0.15, 0.2) is 47.4 Å². The second kappa shape index (κ2) is 6.02. The molecule has 0 amide bonds. The summed E-state index contributed by atoms with van der Waals surface area (Å²) < 4.78 is 12.8. The van der Waals surface area contributed by atoms with Crippen LogP contribution in [0.2, 0.25) is 0 Å². The van der Waals surface area contributed by atoms with Crippen LogP contribution in [0.1, 0.15) is 35.4 Å². The molecule has 3 heteroatoms. The predicted molar refractivity (Wildman–Crippen MR) is 89.0 cm³/mol. The Balaban J connectivity index is 1.84. The van der Waals surface area contributed by atoms with Gasteiger partial charge in [-0.3, -0.25) is 4.21 Å². The number of rotatable bonds is 3. The van der Waals surface area contributed by atoms with Crippen LogP contribution >= 0.6 is 0 Å². The summed E-state index contributed by atoms with van der Waals surface area (Å²) in [6, 6.07) is 14.3. The third-order valence-corrected chi connectivity index (χ3v) is 5.94. The third-order valence-electron chi connectivity index (χ3n) is 4.30. The molecule has 2 unspecified atom stereocenters. The second-order valence-corrected chi connectivity index (χ2v) is 7.29. The van der Waals surface area contributed by atoms with E-state index in [1.54, 1.807) is 0 Å². The number of hydrogen-bond acceptors (Lipinski definition) is 2. The van der Waals surface area contributed by atoms with E-state index in [4.69, 9.17) is 5.73 Å². The average Bonchev–Trinajstić information content (AvgIpc) is 2.50. The van der Waals surface area contributed by atoms with E-state index in [9.17, 15) is 4.21 Å². The molecule has 0 heterocycles. The smallest absolute Gasteiger partial charge is 0.0539 e. The fraction of sp³-hybridized carbons (Fsp3) is 0.333. The monoisotopic (exact) mass is 299 g/mol. The van der Waals surface area contributed by atoms with Gasteiger partial charge in [-0.25, -0.2) is 0 Å². The molecule has 0 aliphatic heterocycles.